The van der Waals surface area contributed by atoms with Gasteiger partial charge in [-0.25, -0.2) is 0 Å². The molecule has 1 amide bonds. The SMILES string of the molecule is O=C(CCCOc1cccc(Cl)c1Cl)Nc1cccc(-n2cnnc2)c1. The summed E-state index contributed by atoms with van der Waals surface area (Å²) in [4.78, 5) is 12.1. The lowest BCUT2D eigenvalue weighted by Crippen LogP contribution is -2.13. The van der Waals surface area contributed by atoms with E-state index >= 15 is 0 Å². The van der Waals surface area contributed by atoms with E-state index < -0.39 is 0 Å². The minimum absolute atomic E-state index is 0.0910. The summed E-state index contributed by atoms with van der Waals surface area (Å²) in [6, 6.07) is 12.6. The van der Waals surface area contributed by atoms with Gasteiger partial charge in [-0.2, -0.15) is 0 Å². The van der Waals surface area contributed by atoms with Crippen molar-refractivity contribution in [2.24, 2.45) is 0 Å². The number of benzene rings is 2. The van der Waals surface area contributed by atoms with Gasteiger partial charge >= 0.3 is 0 Å². The van der Waals surface area contributed by atoms with Crippen LogP contribution in [0.4, 0.5) is 5.69 Å². The summed E-state index contributed by atoms with van der Waals surface area (Å²) in [5, 5.41) is 11.2. The summed E-state index contributed by atoms with van der Waals surface area (Å²) in [6.07, 6.45) is 4.08. The standard InChI is InChI=1S/C18H16Cl2N4O2/c19-15-6-2-7-16(18(15)20)26-9-3-8-17(25)23-13-4-1-5-14(10-13)24-11-21-22-12-24/h1-2,4-7,10-12H,3,8-9H2,(H,23,25). The molecule has 3 aromatic rings. The number of rotatable bonds is 7. The Morgan fingerprint density at radius 3 is 2.69 bits per heavy atom. The Morgan fingerprint density at radius 1 is 1.12 bits per heavy atom. The zero-order valence-corrected chi connectivity index (χ0v) is 15.2. The van der Waals surface area contributed by atoms with Gasteiger partial charge in [0.25, 0.3) is 0 Å². The molecule has 0 saturated carbocycles. The number of carbonyl (C=O) groups excluding carboxylic acids is 1. The van der Waals surface area contributed by atoms with Crippen molar-refractivity contribution in [3.63, 3.8) is 0 Å². The Bertz CT molecular complexity index is 885. The van der Waals surface area contributed by atoms with Gasteiger partial charge in [-0.05, 0) is 36.8 Å². The third kappa shape index (κ3) is 4.74. The number of hydrogen-bond acceptors (Lipinski definition) is 4. The molecule has 0 fully saturated rings. The molecule has 1 aromatic heterocycles. The van der Waals surface area contributed by atoms with Crippen LogP contribution in [-0.2, 0) is 4.79 Å². The normalized spacial score (nSPS) is 10.5. The summed E-state index contributed by atoms with van der Waals surface area (Å²) in [5.74, 6) is 0.424. The molecule has 0 atom stereocenters. The van der Waals surface area contributed by atoms with E-state index in [9.17, 15) is 4.79 Å². The first-order valence-corrected chi connectivity index (χ1v) is 8.71. The highest BCUT2D eigenvalue weighted by Crippen LogP contribution is 2.31. The van der Waals surface area contributed by atoms with Crippen LogP contribution < -0.4 is 10.1 Å². The van der Waals surface area contributed by atoms with E-state index in [1.165, 1.54) is 0 Å². The molecule has 0 unspecified atom stereocenters. The summed E-state index contributed by atoms with van der Waals surface area (Å²) in [7, 11) is 0. The van der Waals surface area contributed by atoms with E-state index in [4.69, 9.17) is 27.9 Å². The minimum atomic E-state index is -0.0910. The van der Waals surface area contributed by atoms with Crippen LogP contribution in [0.2, 0.25) is 10.0 Å². The van der Waals surface area contributed by atoms with Crippen molar-refractivity contribution in [3.8, 4) is 11.4 Å². The number of aromatic nitrogens is 3. The summed E-state index contributed by atoms with van der Waals surface area (Å²) < 4.78 is 7.33. The molecule has 26 heavy (non-hydrogen) atoms. The van der Waals surface area contributed by atoms with Crippen LogP contribution in [0, 0.1) is 0 Å². The number of amides is 1. The third-order valence-corrected chi connectivity index (χ3v) is 4.37. The predicted molar refractivity (Wildman–Crippen MR) is 101 cm³/mol. The van der Waals surface area contributed by atoms with E-state index in [0.717, 1.165) is 5.69 Å². The molecule has 0 radical (unpaired) electrons. The van der Waals surface area contributed by atoms with Crippen LogP contribution in [-0.4, -0.2) is 27.3 Å². The quantitative estimate of drug-likeness (QED) is 0.608. The molecule has 2 aromatic carbocycles. The molecule has 6 nitrogen and oxygen atoms in total. The number of carbonyl (C=O) groups is 1. The van der Waals surface area contributed by atoms with Crippen molar-refractivity contribution in [1.29, 1.82) is 0 Å². The molecule has 0 aliphatic rings. The smallest absolute Gasteiger partial charge is 0.224 e. The zero-order chi connectivity index (χ0) is 18.4. The minimum Gasteiger partial charge on any atom is -0.492 e. The largest absolute Gasteiger partial charge is 0.492 e. The maximum absolute atomic E-state index is 12.1. The van der Waals surface area contributed by atoms with Crippen molar-refractivity contribution in [2.75, 3.05) is 11.9 Å². The van der Waals surface area contributed by atoms with Crippen molar-refractivity contribution >= 4 is 34.8 Å². The average Bonchev–Trinajstić information content (AvgIpc) is 3.17. The lowest BCUT2D eigenvalue weighted by Gasteiger charge is -2.10. The van der Waals surface area contributed by atoms with Gasteiger partial charge in [0, 0.05) is 12.1 Å². The van der Waals surface area contributed by atoms with Crippen molar-refractivity contribution in [2.45, 2.75) is 12.8 Å². The average molecular weight is 391 g/mol. The number of anilines is 1. The lowest BCUT2D eigenvalue weighted by atomic mass is 10.2. The Kier molecular flexibility index (Phi) is 6.09. The Labute approximate surface area is 160 Å². The monoisotopic (exact) mass is 390 g/mol. The number of hydrogen-bond donors (Lipinski definition) is 1. The summed E-state index contributed by atoms with van der Waals surface area (Å²) in [6.45, 7) is 0.369. The fourth-order valence-corrected chi connectivity index (χ4v) is 2.66. The van der Waals surface area contributed by atoms with Gasteiger partial charge in [0.2, 0.25) is 5.91 Å². The van der Waals surface area contributed by atoms with E-state index in [-0.39, 0.29) is 5.91 Å². The van der Waals surface area contributed by atoms with Crippen LogP contribution in [0.15, 0.2) is 55.1 Å². The number of halogens is 2. The first-order valence-electron chi connectivity index (χ1n) is 7.95. The van der Waals surface area contributed by atoms with E-state index in [1.54, 1.807) is 35.4 Å². The highest BCUT2D eigenvalue weighted by molar-refractivity contribution is 6.42. The zero-order valence-electron chi connectivity index (χ0n) is 13.7. The third-order valence-electron chi connectivity index (χ3n) is 3.57. The van der Waals surface area contributed by atoms with Gasteiger partial charge < -0.3 is 10.1 Å². The molecule has 134 valence electrons. The molecule has 3 rings (SSSR count). The fourth-order valence-electron chi connectivity index (χ4n) is 2.31. The van der Waals surface area contributed by atoms with Crippen molar-refractivity contribution in [1.82, 2.24) is 14.8 Å². The lowest BCUT2D eigenvalue weighted by molar-refractivity contribution is -0.116. The topological polar surface area (TPSA) is 69.0 Å². The first kappa shape index (κ1) is 18.2. The van der Waals surface area contributed by atoms with Crippen molar-refractivity contribution < 1.29 is 9.53 Å². The molecule has 1 heterocycles. The van der Waals surface area contributed by atoms with Crippen LogP contribution in [0.25, 0.3) is 5.69 Å². The van der Waals surface area contributed by atoms with Crippen molar-refractivity contribution in [3.05, 3.63) is 65.2 Å². The van der Waals surface area contributed by atoms with Gasteiger partial charge in [-0.15, -0.1) is 10.2 Å². The molecular weight excluding hydrogens is 375 g/mol. The van der Waals surface area contributed by atoms with Crippen LogP contribution in [0.5, 0.6) is 5.75 Å². The van der Waals surface area contributed by atoms with E-state index in [0.29, 0.717) is 40.9 Å². The number of nitrogens with one attached hydrogen (secondary N) is 1. The second-order valence-corrected chi connectivity index (χ2v) is 6.26. The van der Waals surface area contributed by atoms with Gasteiger partial charge in [0.15, 0.2) is 0 Å². The summed E-state index contributed by atoms with van der Waals surface area (Å²) >= 11 is 12.0. The molecule has 8 heteroatoms. The van der Waals surface area contributed by atoms with Crippen LogP contribution >= 0.6 is 23.2 Å². The number of ether oxygens (including phenoxy) is 1. The molecule has 0 bridgehead atoms. The highest BCUT2D eigenvalue weighted by Gasteiger charge is 2.07. The molecular formula is C18H16Cl2N4O2. The van der Waals surface area contributed by atoms with Gasteiger partial charge in [0.1, 0.15) is 23.4 Å². The fraction of sp³-hybridized carbons (Fsp3) is 0.167. The van der Waals surface area contributed by atoms with Gasteiger partial charge in [0.05, 0.1) is 17.3 Å². The molecule has 0 aliphatic carbocycles. The Balaban J connectivity index is 1.47. The van der Waals surface area contributed by atoms with Gasteiger partial charge in [-0.1, -0.05) is 35.3 Å². The second-order valence-electron chi connectivity index (χ2n) is 5.47. The summed E-state index contributed by atoms with van der Waals surface area (Å²) in [5.41, 5.74) is 1.58. The Hall–Kier alpha value is -2.57. The second kappa shape index (κ2) is 8.69. The molecule has 1 N–H and O–H groups in total. The Morgan fingerprint density at radius 2 is 1.88 bits per heavy atom. The molecule has 0 saturated heterocycles. The van der Waals surface area contributed by atoms with E-state index in [2.05, 4.69) is 15.5 Å². The van der Waals surface area contributed by atoms with Gasteiger partial charge in [-0.3, -0.25) is 9.36 Å². The maximum Gasteiger partial charge on any atom is 0.224 e. The van der Waals surface area contributed by atoms with E-state index in [1.807, 2.05) is 24.3 Å². The van der Waals surface area contributed by atoms with Crippen LogP contribution in [0.3, 0.4) is 0 Å². The predicted octanol–water partition coefficient (Wildman–Crippen LogP) is 4.37. The molecule has 0 aliphatic heterocycles. The molecule has 0 spiro atoms. The first-order chi connectivity index (χ1) is 12.6. The number of nitrogens with zero attached hydrogens (tertiary/aromatic N) is 3. The van der Waals surface area contributed by atoms with Crippen LogP contribution in [0.1, 0.15) is 12.8 Å². The maximum atomic E-state index is 12.1. The highest BCUT2D eigenvalue weighted by atomic mass is 35.5.